The van der Waals surface area contributed by atoms with Crippen molar-refractivity contribution in [2.24, 2.45) is 5.92 Å². The molecule has 2 aliphatic heterocycles. The van der Waals surface area contributed by atoms with Crippen LogP contribution in [-0.2, 0) is 4.74 Å². The average molecular weight is 344 g/mol. The highest BCUT2D eigenvalue weighted by Crippen LogP contribution is 2.50. The molecule has 4 nitrogen and oxygen atoms in total. The number of para-hydroxylation sites is 1. The summed E-state index contributed by atoms with van der Waals surface area (Å²) in [5.74, 6) is -0.606. The first-order valence-electron chi connectivity index (χ1n) is 8.15. The van der Waals surface area contributed by atoms with Crippen molar-refractivity contribution in [3.63, 3.8) is 0 Å². The predicted molar refractivity (Wildman–Crippen MR) is 92.6 cm³/mol. The van der Waals surface area contributed by atoms with Crippen molar-refractivity contribution in [1.29, 1.82) is 0 Å². The highest BCUT2D eigenvalue weighted by molar-refractivity contribution is 6.33. The van der Waals surface area contributed by atoms with Gasteiger partial charge in [0.1, 0.15) is 0 Å². The molecule has 1 fully saturated rings. The average Bonchev–Trinajstić information content (AvgIpc) is 2.61. The van der Waals surface area contributed by atoms with Crippen molar-refractivity contribution in [2.45, 2.75) is 25.0 Å². The fraction of sp³-hybridized carbons (Fsp3) is 0.316. The Morgan fingerprint density at radius 3 is 2.75 bits per heavy atom. The molecule has 0 saturated carbocycles. The number of fused-ring (bicyclic) bond motifs is 3. The summed E-state index contributed by atoms with van der Waals surface area (Å²) in [5.41, 5.74) is 3.40. The van der Waals surface area contributed by atoms with Crippen LogP contribution in [0.3, 0.4) is 0 Å². The fourth-order valence-electron chi connectivity index (χ4n) is 3.82. The molecule has 4 rings (SSSR count). The van der Waals surface area contributed by atoms with Crippen molar-refractivity contribution < 1.29 is 14.6 Å². The molecule has 2 aromatic rings. The van der Waals surface area contributed by atoms with E-state index in [9.17, 15) is 4.79 Å². The van der Waals surface area contributed by atoms with E-state index in [1.54, 1.807) is 12.1 Å². The summed E-state index contributed by atoms with van der Waals surface area (Å²) >= 11 is 6.40. The van der Waals surface area contributed by atoms with E-state index >= 15 is 0 Å². The molecule has 2 heterocycles. The Morgan fingerprint density at radius 2 is 2.00 bits per heavy atom. The number of carboxylic acid groups (broad SMARTS) is 1. The molecule has 0 spiro atoms. The largest absolute Gasteiger partial charge is 0.478 e. The molecule has 2 aliphatic rings. The Morgan fingerprint density at radius 1 is 1.21 bits per heavy atom. The number of hydrogen-bond acceptors (Lipinski definition) is 3. The summed E-state index contributed by atoms with van der Waals surface area (Å²) in [4.78, 5) is 11.1. The van der Waals surface area contributed by atoms with Crippen LogP contribution in [0.2, 0.25) is 5.02 Å². The lowest BCUT2D eigenvalue weighted by Crippen LogP contribution is -2.36. The monoisotopic (exact) mass is 343 g/mol. The summed E-state index contributed by atoms with van der Waals surface area (Å²) < 4.78 is 6.08. The van der Waals surface area contributed by atoms with Gasteiger partial charge in [-0.1, -0.05) is 35.9 Å². The van der Waals surface area contributed by atoms with E-state index in [4.69, 9.17) is 21.4 Å². The molecule has 0 amide bonds. The third-order valence-corrected chi connectivity index (χ3v) is 5.28. The van der Waals surface area contributed by atoms with Gasteiger partial charge in [-0.25, -0.2) is 4.79 Å². The van der Waals surface area contributed by atoms with Crippen LogP contribution in [0.4, 0.5) is 5.69 Å². The minimum atomic E-state index is -0.912. The maximum absolute atomic E-state index is 11.1. The van der Waals surface area contributed by atoms with Gasteiger partial charge in [0.15, 0.2) is 0 Å². The molecular formula is C19H18ClNO3. The second-order valence-corrected chi connectivity index (χ2v) is 6.76. The van der Waals surface area contributed by atoms with E-state index in [1.807, 2.05) is 24.3 Å². The SMILES string of the molecule is O=C(O)c1ccc(C2Nc3c(Cl)cccc3C3OCCCC23)cc1. The number of nitrogens with one attached hydrogen (secondary N) is 1. The molecule has 2 aromatic carbocycles. The highest BCUT2D eigenvalue weighted by atomic mass is 35.5. The van der Waals surface area contributed by atoms with E-state index in [0.29, 0.717) is 16.5 Å². The quantitative estimate of drug-likeness (QED) is 0.831. The third kappa shape index (κ3) is 2.56. The second-order valence-electron chi connectivity index (χ2n) is 6.35. The molecule has 2 N–H and O–H groups in total. The van der Waals surface area contributed by atoms with E-state index in [-0.39, 0.29) is 12.1 Å². The van der Waals surface area contributed by atoms with Crippen LogP contribution >= 0.6 is 11.6 Å². The Bertz CT molecular complexity index is 775. The molecule has 124 valence electrons. The van der Waals surface area contributed by atoms with Gasteiger partial charge in [-0.15, -0.1) is 0 Å². The van der Waals surface area contributed by atoms with Crippen molar-refractivity contribution >= 4 is 23.3 Å². The van der Waals surface area contributed by atoms with E-state index < -0.39 is 5.97 Å². The van der Waals surface area contributed by atoms with Gasteiger partial charge in [-0.05, 0) is 36.6 Å². The number of halogens is 1. The van der Waals surface area contributed by atoms with Crippen molar-refractivity contribution in [1.82, 2.24) is 0 Å². The van der Waals surface area contributed by atoms with Crippen molar-refractivity contribution in [3.8, 4) is 0 Å². The van der Waals surface area contributed by atoms with Crippen LogP contribution in [0.15, 0.2) is 42.5 Å². The molecule has 0 aromatic heterocycles. The minimum Gasteiger partial charge on any atom is -0.478 e. The number of hydrogen-bond donors (Lipinski definition) is 2. The molecule has 3 unspecified atom stereocenters. The summed E-state index contributed by atoms with van der Waals surface area (Å²) in [5, 5.41) is 13.3. The van der Waals surface area contributed by atoms with Gasteiger partial charge in [0, 0.05) is 18.1 Å². The smallest absolute Gasteiger partial charge is 0.335 e. The van der Waals surface area contributed by atoms with Gasteiger partial charge in [-0.3, -0.25) is 0 Å². The molecule has 5 heteroatoms. The summed E-state index contributed by atoms with van der Waals surface area (Å²) in [6.45, 7) is 0.762. The first-order chi connectivity index (χ1) is 11.6. The number of aromatic carboxylic acids is 1. The molecule has 0 bridgehead atoms. The molecule has 1 saturated heterocycles. The number of ether oxygens (including phenoxy) is 1. The van der Waals surface area contributed by atoms with Gasteiger partial charge >= 0.3 is 5.97 Å². The Kier molecular flexibility index (Phi) is 3.94. The number of carbonyl (C=O) groups is 1. The van der Waals surface area contributed by atoms with Gasteiger partial charge in [0.25, 0.3) is 0 Å². The predicted octanol–water partition coefficient (Wildman–Crippen LogP) is 4.67. The van der Waals surface area contributed by atoms with Crippen LogP contribution in [0.1, 0.15) is 46.5 Å². The van der Waals surface area contributed by atoms with Crippen LogP contribution in [0.5, 0.6) is 0 Å². The number of rotatable bonds is 2. The zero-order valence-electron chi connectivity index (χ0n) is 13.0. The van der Waals surface area contributed by atoms with Gasteiger partial charge < -0.3 is 15.2 Å². The van der Waals surface area contributed by atoms with Crippen molar-refractivity contribution in [2.75, 3.05) is 11.9 Å². The molecule has 3 atom stereocenters. The lowest BCUT2D eigenvalue weighted by atomic mass is 9.77. The normalized spacial score (nSPS) is 25.3. The molecule has 24 heavy (non-hydrogen) atoms. The lowest BCUT2D eigenvalue weighted by Gasteiger charge is -2.43. The zero-order chi connectivity index (χ0) is 16.7. The summed E-state index contributed by atoms with van der Waals surface area (Å²) in [6.07, 6.45) is 2.12. The minimum absolute atomic E-state index is 0.0258. The van der Waals surface area contributed by atoms with Crippen LogP contribution in [0, 0.1) is 5.92 Å². The van der Waals surface area contributed by atoms with Gasteiger partial charge in [0.05, 0.1) is 28.4 Å². The maximum Gasteiger partial charge on any atom is 0.335 e. The fourth-order valence-corrected chi connectivity index (χ4v) is 4.06. The van der Waals surface area contributed by atoms with Crippen LogP contribution < -0.4 is 5.32 Å². The Labute approximate surface area is 145 Å². The van der Waals surface area contributed by atoms with Crippen molar-refractivity contribution in [3.05, 3.63) is 64.2 Å². The Hall–Kier alpha value is -2.04. The molecule has 0 radical (unpaired) electrons. The first kappa shape index (κ1) is 15.5. The van der Waals surface area contributed by atoms with Gasteiger partial charge in [0.2, 0.25) is 0 Å². The molecular weight excluding hydrogens is 326 g/mol. The van der Waals surface area contributed by atoms with Gasteiger partial charge in [-0.2, -0.15) is 0 Å². The van der Waals surface area contributed by atoms with Crippen LogP contribution in [-0.4, -0.2) is 17.7 Å². The summed E-state index contributed by atoms with van der Waals surface area (Å²) in [7, 11) is 0. The highest BCUT2D eigenvalue weighted by Gasteiger charge is 2.40. The number of carboxylic acids is 1. The maximum atomic E-state index is 11.1. The topological polar surface area (TPSA) is 58.6 Å². The first-order valence-corrected chi connectivity index (χ1v) is 8.53. The van der Waals surface area contributed by atoms with E-state index in [2.05, 4.69) is 11.4 Å². The third-order valence-electron chi connectivity index (χ3n) is 4.97. The van der Waals surface area contributed by atoms with E-state index in [0.717, 1.165) is 36.3 Å². The lowest BCUT2D eigenvalue weighted by molar-refractivity contribution is -0.0381. The Balaban J connectivity index is 1.75. The zero-order valence-corrected chi connectivity index (χ0v) is 13.8. The number of benzene rings is 2. The molecule has 0 aliphatic carbocycles. The number of anilines is 1. The van der Waals surface area contributed by atoms with Crippen LogP contribution in [0.25, 0.3) is 0 Å². The summed E-state index contributed by atoms with van der Waals surface area (Å²) in [6, 6.07) is 13.0. The second kappa shape index (κ2) is 6.11. The van der Waals surface area contributed by atoms with E-state index in [1.165, 1.54) is 0 Å². The standard InChI is InChI=1S/C19H18ClNO3/c20-15-5-1-3-14-17(15)21-16(13-4-2-10-24-18(13)14)11-6-8-12(9-7-11)19(22)23/h1,3,5-9,13,16,18,21H,2,4,10H2,(H,22,23).